The van der Waals surface area contributed by atoms with E-state index in [2.05, 4.69) is 5.32 Å². The third kappa shape index (κ3) is 2.40. The number of hydrogen-bond acceptors (Lipinski definition) is 4. The predicted molar refractivity (Wildman–Crippen MR) is 64.2 cm³/mol. The monoisotopic (exact) mass is 298 g/mol. The van der Waals surface area contributed by atoms with Crippen molar-refractivity contribution in [3.63, 3.8) is 0 Å². The van der Waals surface area contributed by atoms with Crippen molar-refractivity contribution in [2.24, 2.45) is 0 Å². The molecule has 20 heavy (non-hydrogen) atoms. The van der Waals surface area contributed by atoms with Gasteiger partial charge in [0.15, 0.2) is 0 Å². The summed E-state index contributed by atoms with van der Waals surface area (Å²) in [5.74, 6) is -1.92. The zero-order valence-electron chi connectivity index (χ0n) is 11.9. The molecule has 4 amide bonds. The summed E-state index contributed by atoms with van der Waals surface area (Å²) in [6.07, 6.45) is 0.306. The molecule has 98 valence electrons. The van der Waals surface area contributed by atoms with E-state index in [0.29, 0.717) is 11.1 Å². The van der Waals surface area contributed by atoms with E-state index in [0.717, 1.165) is 4.90 Å². The van der Waals surface area contributed by atoms with Crippen molar-refractivity contribution in [1.82, 2.24) is 10.2 Å². The first-order valence-corrected chi connectivity index (χ1v) is 5.90. The molecule has 1 aromatic rings. The molecule has 2 aliphatic rings. The molecule has 1 unspecified atom stereocenters. The summed E-state index contributed by atoms with van der Waals surface area (Å²) in [6, 6.07) is 5.55. The minimum atomic E-state index is -0.898. The summed E-state index contributed by atoms with van der Waals surface area (Å²) in [7, 11) is 0. The summed E-state index contributed by atoms with van der Waals surface area (Å²) in [5, 5.41) is 2.15. The van der Waals surface area contributed by atoms with Crippen LogP contribution in [0.2, 0.25) is 0 Å². The zero-order chi connectivity index (χ0) is 13.6. The quantitative estimate of drug-likeness (QED) is 0.448. The summed E-state index contributed by atoms with van der Waals surface area (Å²) < 4.78 is 0. The molecule has 1 N–H and O–H groups in total. The molecule has 1 fully saturated rings. The number of imide groups is 2. The van der Waals surface area contributed by atoms with Crippen molar-refractivity contribution >= 4 is 23.6 Å². The molecule has 3 rings (SSSR count). The van der Waals surface area contributed by atoms with Gasteiger partial charge in [-0.15, -0.1) is 0 Å². The molecule has 2 heterocycles. The van der Waals surface area contributed by atoms with Gasteiger partial charge in [0.2, 0.25) is 11.8 Å². The summed E-state index contributed by atoms with van der Waals surface area (Å²) in [5.41, 5.74) is 0.606. The first-order valence-electron chi connectivity index (χ1n) is 5.90. The average Bonchev–Trinajstić information content (AvgIpc) is 2.64. The number of carbonyl (C=O) groups is 4. The van der Waals surface area contributed by atoms with E-state index >= 15 is 0 Å². The van der Waals surface area contributed by atoms with Gasteiger partial charge in [-0.1, -0.05) is 12.1 Å². The molecule has 1 saturated heterocycles. The van der Waals surface area contributed by atoms with E-state index in [4.69, 9.17) is 0 Å². The van der Waals surface area contributed by atoms with Crippen LogP contribution in [-0.2, 0) is 9.59 Å². The van der Waals surface area contributed by atoms with Gasteiger partial charge in [-0.3, -0.25) is 29.4 Å². The third-order valence-corrected chi connectivity index (χ3v) is 3.35. The minimum Gasteiger partial charge on any atom is -1.00 e. The van der Waals surface area contributed by atoms with Crippen molar-refractivity contribution < 1.29 is 72.0 Å². The number of carbonyl (C=O) groups excluding carboxylic acids is 4. The van der Waals surface area contributed by atoms with E-state index in [-0.39, 0.29) is 71.6 Å². The van der Waals surface area contributed by atoms with Crippen LogP contribution in [0, 0.1) is 0 Å². The van der Waals surface area contributed by atoms with Crippen LogP contribution in [0.15, 0.2) is 24.3 Å². The van der Waals surface area contributed by atoms with Crippen molar-refractivity contribution in [1.29, 1.82) is 0 Å². The van der Waals surface area contributed by atoms with Crippen molar-refractivity contribution in [3.05, 3.63) is 35.4 Å². The fourth-order valence-corrected chi connectivity index (χ4v) is 2.42. The number of rotatable bonds is 1. The Kier molecular flexibility index (Phi) is 4.55. The van der Waals surface area contributed by atoms with Crippen LogP contribution in [-0.4, -0.2) is 34.6 Å². The molecule has 1 aromatic carbocycles. The first-order chi connectivity index (χ1) is 9.09. The van der Waals surface area contributed by atoms with E-state index < -0.39 is 23.8 Å². The van der Waals surface area contributed by atoms with Gasteiger partial charge in [-0.25, -0.2) is 0 Å². The van der Waals surface area contributed by atoms with Gasteiger partial charge >= 0.3 is 51.4 Å². The predicted octanol–water partition coefficient (Wildman–Crippen LogP) is -2.80. The second-order valence-corrected chi connectivity index (χ2v) is 4.49. The molecule has 0 aromatic heterocycles. The number of nitrogens with zero attached hydrogens (tertiary/aromatic N) is 1. The van der Waals surface area contributed by atoms with Gasteiger partial charge in [0.05, 0.1) is 11.1 Å². The Hall–Kier alpha value is -0.864. The number of hydrogen-bond donors (Lipinski definition) is 1. The van der Waals surface area contributed by atoms with E-state index in [1.807, 2.05) is 0 Å². The third-order valence-electron chi connectivity index (χ3n) is 3.35. The maximum atomic E-state index is 12.2. The van der Waals surface area contributed by atoms with Gasteiger partial charge in [-0.2, -0.15) is 0 Å². The minimum absolute atomic E-state index is 0. The molecule has 0 radical (unpaired) electrons. The molecule has 2 aliphatic heterocycles. The molecular weight excluding hydrogens is 287 g/mol. The topological polar surface area (TPSA) is 83.6 Å². The zero-order valence-corrected chi connectivity index (χ0v) is 14.0. The fourth-order valence-electron chi connectivity index (χ4n) is 2.42. The average molecular weight is 298 g/mol. The maximum Gasteiger partial charge on any atom is 1.00 e. The van der Waals surface area contributed by atoms with Crippen LogP contribution < -0.4 is 56.7 Å². The van der Waals surface area contributed by atoms with Gasteiger partial charge in [-0.05, 0) is 18.6 Å². The first kappa shape index (κ1) is 15.5. The van der Waals surface area contributed by atoms with Gasteiger partial charge in [0.1, 0.15) is 6.04 Å². The summed E-state index contributed by atoms with van der Waals surface area (Å²) >= 11 is 0. The normalized spacial score (nSPS) is 21.4. The number of fused-ring (bicyclic) bond motifs is 1. The van der Waals surface area contributed by atoms with Crippen molar-refractivity contribution in [2.45, 2.75) is 18.9 Å². The Morgan fingerprint density at radius 2 is 1.60 bits per heavy atom. The Balaban J connectivity index is 0.00000110. The second kappa shape index (κ2) is 5.86. The van der Waals surface area contributed by atoms with Crippen LogP contribution in [0.5, 0.6) is 0 Å². The van der Waals surface area contributed by atoms with E-state index in [9.17, 15) is 19.2 Å². The maximum absolute atomic E-state index is 12.2. The number of benzene rings is 1. The number of amides is 4. The molecular formula is C13H11KN2O4. The molecule has 0 bridgehead atoms. The van der Waals surface area contributed by atoms with Crippen LogP contribution in [0.25, 0.3) is 0 Å². The Bertz CT molecular complexity index is 599. The summed E-state index contributed by atoms with van der Waals surface area (Å²) in [4.78, 5) is 48.1. The Morgan fingerprint density at radius 1 is 1.05 bits per heavy atom. The molecule has 1 atom stereocenters. The molecule has 6 nitrogen and oxygen atoms in total. The smallest absolute Gasteiger partial charge is 1.00 e. The second-order valence-electron chi connectivity index (χ2n) is 4.49. The van der Waals surface area contributed by atoms with Crippen molar-refractivity contribution in [3.8, 4) is 0 Å². The largest absolute Gasteiger partial charge is 1.00 e. The van der Waals surface area contributed by atoms with Crippen LogP contribution in [0.1, 0.15) is 35.0 Å². The van der Waals surface area contributed by atoms with Gasteiger partial charge in [0.25, 0.3) is 11.8 Å². The van der Waals surface area contributed by atoms with Gasteiger partial charge < -0.3 is 1.43 Å². The number of piperidine rings is 1. The van der Waals surface area contributed by atoms with E-state index in [1.165, 1.54) is 0 Å². The van der Waals surface area contributed by atoms with Gasteiger partial charge in [0, 0.05) is 6.42 Å². The molecule has 0 saturated carbocycles. The molecule has 7 heteroatoms. The van der Waals surface area contributed by atoms with Crippen LogP contribution in [0.3, 0.4) is 0 Å². The van der Waals surface area contributed by atoms with Crippen LogP contribution in [0.4, 0.5) is 0 Å². The Morgan fingerprint density at radius 3 is 2.10 bits per heavy atom. The molecule has 0 spiro atoms. The summed E-state index contributed by atoms with van der Waals surface area (Å²) in [6.45, 7) is 0. The Labute approximate surface area is 158 Å². The van der Waals surface area contributed by atoms with Crippen LogP contribution >= 0.6 is 0 Å². The standard InChI is InChI=1S/C13H10N2O4.K.H/c16-10-6-5-9(11(17)14-10)15-12(18)7-3-1-2-4-8(7)13(15)19;;/h1-4,9H,5-6H2,(H,14,16,17);;/q;+1;-1. The number of nitrogens with one attached hydrogen (secondary N) is 1. The fraction of sp³-hybridized carbons (Fsp3) is 0.231. The van der Waals surface area contributed by atoms with Crippen molar-refractivity contribution in [2.75, 3.05) is 0 Å². The SMILES string of the molecule is O=C1CCC(N2C(=O)c3ccccc3C2=O)C(=O)N1.[H-].[K+]. The van der Waals surface area contributed by atoms with E-state index in [1.54, 1.807) is 24.3 Å². The molecule has 0 aliphatic carbocycles.